The van der Waals surface area contributed by atoms with Crippen LogP contribution in [0.3, 0.4) is 0 Å². The quantitative estimate of drug-likeness (QED) is 0.882. The van der Waals surface area contributed by atoms with E-state index in [-0.39, 0.29) is 5.92 Å². The van der Waals surface area contributed by atoms with Crippen LogP contribution in [0.25, 0.3) is 0 Å². The van der Waals surface area contributed by atoms with Crippen molar-refractivity contribution in [1.29, 1.82) is 0 Å². The van der Waals surface area contributed by atoms with Crippen molar-refractivity contribution < 1.29 is 9.47 Å². The summed E-state index contributed by atoms with van der Waals surface area (Å²) in [6.45, 7) is 0.419. The van der Waals surface area contributed by atoms with Crippen LogP contribution in [0, 0.1) is 0 Å². The standard InChI is InChI=1S/C14H17N3O2/c1-18-10-5-6-14(19-2)11(8-10)12(9-15)13-4-3-7-16-17-13/h3-8,12H,9,15H2,1-2H3. The molecule has 0 spiro atoms. The van der Waals surface area contributed by atoms with Gasteiger partial charge < -0.3 is 15.2 Å². The molecule has 1 aromatic heterocycles. The molecule has 0 saturated heterocycles. The van der Waals surface area contributed by atoms with Crippen LogP contribution in [-0.4, -0.2) is 31.0 Å². The molecule has 0 bridgehead atoms. The molecule has 19 heavy (non-hydrogen) atoms. The molecule has 0 aliphatic carbocycles. The van der Waals surface area contributed by atoms with Gasteiger partial charge in [0.05, 0.1) is 19.9 Å². The van der Waals surface area contributed by atoms with Crippen LogP contribution in [0.4, 0.5) is 0 Å². The van der Waals surface area contributed by atoms with Gasteiger partial charge >= 0.3 is 0 Å². The number of ether oxygens (including phenoxy) is 2. The van der Waals surface area contributed by atoms with Crippen LogP contribution in [0.15, 0.2) is 36.5 Å². The van der Waals surface area contributed by atoms with Crippen molar-refractivity contribution in [2.24, 2.45) is 5.73 Å². The van der Waals surface area contributed by atoms with Gasteiger partial charge in [0.15, 0.2) is 0 Å². The summed E-state index contributed by atoms with van der Waals surface area (Å²) in [5.41, 5.74) is 7.65. The van der Waals surface area contributed by atoms with Crippen molar-refractivity contribution in [3.05, 3.63) is 47.8 Å². The molecular weight excluding hydrogens is 242 g/mol. The van der Waals surface area contributed by atoms with Crippen molar-refractivity contribution in [3.63, 3.8) is 0 Å². The molecule has 0 aliphatic rings. The Kier molecular flexibility index (Phi) is 4.30. The normalized spacial score (nSPS) is 11.9. The molecule has 0 radical (unpaired) electrons. The van der Waals surface area contributed by atoms with Gasteiger partial charge in [0, 0.05) is 24.2 Å². The first-order valence-electron chi connectivity index (χ1n) is 5.99. The van der Waals surface area contributed by atoms with E-state index in [9.17, 15) is 0 Å². The minimum Gasteiger partial charge on any atom is -0.497 e. The van der Waals surface area contributed by atoms with Gasteiger partial charge in [-0.05, 0) is 30.3 Å². The van der Waals surface area contributed by atoms with Gasteiger partial charge in [-0.3, -0.25) is 0 Å². The van der Waals surface area contributed by atoms with Crippen molar-refractivity contribution in [1.82, 2.24) is 10.2 Å². The lowest BCUT2D eigenvalue weighted by molar-refractivity contribution is 0.396. The second-order valence-corrected chi connectivity index (χ2v) is 4.04. The zero-order valence-electron chi connectivity index (χ0n) is 11.0. The summed E-state index contributed by atoms with van der Waals surface area (Å²) >= 11 is 0. The lowest BCUT2D eigenvalue weighted by atomic mass is 9.94. The third kappa shape index (κ3) is 2.82. The summed E-state index contributed by atoms with van der Waals surface area (Å²) in [5.74, 6) is 1.46. The van der Waals surface area contributed by atoms with Gasteiger partial charge in [-0.15, -0.1) is 0 Å². The molecule has 1 aromatic carbocycles. The van der Waals surface area contributed by atoms with E-state index in [0.717, 1.165) is 22.8 Å². The Bertz CT molecular complexity index is 531. The third-order valence-corrected chi connectivity index (χ3v) is 3.00. The maximum atomic E-state index is 5.89. The Labute approximate surface area is 112 Å². The molecule has 2 rings (SSSR count). The molecule has 5 nitrogen and oxygen atoms in total. The van der Waals surface area contributed by atoms with E-state index in [1.54, 1.807) is 20.4 Å². The minimum absolute atomic E-state index is 0.0706. The zero-order valence-corrected chi connectivity index (χ0v) is 11.0. The Morgan fingerprint density at radius 1 is 1.21 bits per heavy atom. The highest BCUT2D eigenvalue weighted by molar-refractivity contribution is 5.45. The molecule has 5 heteroatoms. The molecule has 0 amide bonds. The molecule has 0 saturated carbocycles. The van der Waals surface area contributed by atoms with Gasteiger partial charge in [0.25, 0.3) is 0 Å². The minimum atomic E-state index is -0.0706. The first kappa shape index (κ1) is 13.3. The highest BCUT2D eigenvalue weighted by Gasteiger charge is 2.19. The maximum Gasteiger partial charge on any atom is 0.123 e. The Hall–Kier alpha value is -2.14. The zero-order chi connectivity index (χ0) is 13.7. The first-order chi connectivity index (χ1) is 9.30. The van der Waals surface area contributed by atoms with E-state index >= 15 is 0 Å². The second kappa shape index (κ2) is 6.15. The lowest BCUT2D eigenvalue weighted by Crippen LogP contribution is -2.16. The molecule has 2 N–H and O–H groups in total. The topological polar surface area (TPSA) is 70.3 Å². The number of hydrogen-bond acceptors (Lipinski definition) is 5. The number of hydrogen-bond donors (Lipinski definition) is 1. The molecule has 1 unspecified atom stereocenters. The average molecular weight is 259 g/mol. The first-order valence-corrected chi connectivity index (χ1v) is 5.99. The monoisotopic (exact) mass is 259 g/mol. The second-order valence-electron chi connectivity index (χ2n) is 4.04. The highest BCUT2D eigenvalue weighted by Crippen LogP contribution is 2.33. The summed E-state index contributed by atoms with van der Waals surface area (Å²) in [6, 6.07) is 9.39. The number of methoxy groups -OCH3 is 2. The van der Waals surface area contributed by atoms with Crippen LogP contribution >= 0.6 is 0 Å². The van der Waals surface area contributed by atoms with E-state index in [1.165, 1.54) is 0 Å². The van der Waals surface area contributed by atoms with E-state index < -0.39 is 0 Å². The van der Waals surface area contributed by atoms with Crippen molar-refractivity contribution in [3.8, 4) is 11.5 Å². The number of nitrogens with zero attached hydrogens (tertiary/aromatic N) is 2. The van der Waals surface area contributed by atoms with Crippen LogP contribution in [0.2, 0.25) is 0 Å². The molecule has 2 aromatic rings. The fourth-order valence-electron chi connectivity index (χ4n) is 2.02. The van der Waals surface area contributed by atoms with E-state index in [2.05, 4.69) is 10.2 Å². The van der Waals surface area contributed by atoms with Crippen LogP contribution < -0.4 is 15.2 Å². The van der Waals surface area contributed by atoms with E-state index in [1.807, 2.05) is 30.3 Å². The fraction of sp³-hybridized carbons (Fsp3) is 0.286. The predicted octanol–water partition coefficient (Wildman–Crippen LogP) is 1.58. The summed E-state index contributed by atoms with van der Waals surface area (Å²) in [5, 5.41) is 8.03. The highest BCUT2D eigenvalue weighted by atomic mass is 16.5. The lowest BCUT2D eigenvalue weighted by Gasteiger charge is -2.18. The van der Waals surface area contributed by atoms with Crippen LogP contribution in [-0.2, 0) is 0 Å². The summed E-state index contributed by atoms with van der Waals surface area (Å²) in [4.78, 5) is 0. The van der Waals surface area contributed by atoms with Gasteiger partial charge in [0.1, 0.15) is 11.5 Å². The third-order valence-electron chi connectivity index (χ3n) is 3.00. The molecule has 1 atom stereocenters. The number of nitrogens with two attached hydrogens (primary N) is 1. The Morgan fingerprint density at radius 3 is 2.63 bits per heavy atom. The molecule has 1 heterocycles. The number of aromatic nitrogens is 2. The van der Waals surface area contributed by atoms with Gasteiger partial charge in [-0.25, -0.2) is 0 Å². The fourth-order valence-corrected chi connectivity index (χ4v) is 2.02. The Balaban J connectivity index is 2.48. The van der Waals surface area contributed by atoms with Crippen LogP contribution in [0.1, 0.15) is 17.2 Å². The van der Waals surface area contributed by atoms with Crippen molar-refractivity contribution in [2.45, 2.75) is 5.92 Å². The summed E-state index contributed by atoms with van der Waals surface area (Å²) in [7, 11) is 3.26. The largest absolute Gasteiger partial charge is 0.497 e. The Morgan fingerprint density at radius 2 is 2.05 bits per heavy atom. The average Bonchev–Trinajstić information content (AvgIpc) is 2.49. The molecule has 0 aliphatic heterocycles. The van der Waals surface area contributed by atoms with Gasteiger partial charge in [-0.1, -0.05) is 0 Å². The predicted molar refractivity (Wildman–Crippen MR) is 72.5 cm³/mol. The van der Waals surface area contributed by atoms with Gasteiger partial charge in [-0.2, -0.15) is 10.2 Å². The smallest absolute Gasteiger partial charge is 0.123 e. The molecular formula is C14H17N3O2. The number of rotatable bonds is 5. The van der Waals surface area contributed by atoms with E-state index in [4.69, 9.17) is 15.2 Å². The van der Waals surface area contributed by atoms with Crippen LogP contribution in [0.5, 0.6) is 11.5 Å². The maximum absolute atomic E-state index is 5.89. The summed E-state index contributed by atoms with van der Waals surface area (Å²) in [6.07, 6.45) is 1.64. The van der Waals surface area contributed by atoms with E-state index in [0.29, 0.717) is 6.54 Å². The van der Waals surface area contributed by atoms with Crippen molar-refractivity contribution >= 4 is 0 Å². The van der Waals surface area contributed by atoms with Crippen molar-refractivity contribution in [2.75, 3.05) is 20.8 Å². The van der Waals surface area contributed by atoms with Gasteiger partial charge in [0.2, 0.25) is 0 Å². The number of benzene rings is 1. The summed E-state index contributed by atoms with van der Waals surface area (Å²) < 4.78 is 10.6. The molecule has 0 fully saturated rings. The molecule has 100 valence electrons. The SMILES string of the molecule is COc1ccc(OC)c(C(CN)c2cccnn2)c1.